The standard InChI is InChI=1S/C6H5BO3/c7-2-5-3(8)1-4-6(9-4)10-5/h2,4,6H,1H2/b5-2+. The van der Waals surface area contributed by atoms with Crippen LogP contribution < -0.4 is 0 Å². The molecule has 10 heavy (non-hydrogen) atoms. The van der Waals surface area contributed by atoms with E-state index in [4.69, 9.17) is 17.3 Å². The molecule has 2 unspecified atom stereocenters. The molecule has 0 N–H and O–H groups in total. The summed E-state index contributed by atoms with van der Waals surface area (Å²) in [5.74, 6) is 1.35. The van der Waals surface area contributed by atoms with Gasteiger partial charge in [-0.15, -0.1) is 0 Å². The van der Waals surface area contributed by atoms with Crippen molar-refractivity contribution in [2.75, 3.05) is 0 Å². The number of hydrogen-bond acceptors (Lipinski definition) is 3. The van der Waals surface area contributed by atoms with E-state index in [9.17, 15) is 4.79 Å². The van der Waals surface area contributed by atoms with Gasteiger partial charge in [0.15, 0.2) is 11.5 Å². The SMILES string of the molecule is [B]/C=C1/OC2OC2CC1=O. The lowest BCUT2D eigenvalue weighted by atomic mass is 10.0. The Labute approximate surface area is 59.4 Å². The summed E-state index contributed by atoms with van der Waals surface area (Å²) in [6.07, 6.45) is 0.206. The van der Waals surface area contributed by atoms with Crippen LogP contribution >= 0.6 is 0 Å². The summed E-state index contributed by atoms with van der Waals surface area (Å²) in [7, 11) is 5.11. The molecule has 0 aromatic carbocycles. The van der Waals surface area contributed by atoms with Gasteiger partial charge in [-0.05, 0) is 0 Å². The van der Waals surface area contributed by atoms with Crippen LogP contribution in [0.4, 0.5) is 0 Å². The third-order valence-corrected chi connectivity index (χ3v) is 1.59. The number of hydrogen-bond donors (Lipinski definition) is 0. The van der Waals surface area contributed by atoms with E-state index < -0.39 is 0 Å². The first-order chi connectivity index (χ1) is 4.81. The lowest BCUT2D eigenvalue weighted by Crippen LogP contribution is -2.18. The molecule has 0 amide bonds. The zero-order valence-corrected chi connectivity index (χ0v) is 5.24. The van der Waals surface area contributed by atoms with Crippen molar-refractivity contribution in [3.05, 3.63) is 11.7 Å². The molecule has 3 nitrogen and oxygen atoms in total. The summed E-state index contributed by atoms with van der Waals surface area (Å²) < 4.78 is 9.93. The number of ketones is 1. The van der Waals surface area contributed by atoms with Gasteiger partial charge < -0.3 is 9.47 Å². The van der Waals surface area contributed by atoms with Crippen molar-refractivity contribution in [1.29, 1.82) is 0 Å². The molecule has 2 aliphatic heterocycles. The van der Waals surface area contributed by atoms with Gasteiger partial charge in [0.05, 0.1) is 0 Å². The molecule has 2 radical (unpaired) electrons. The van der Waals surface area contributed by atoms with Crippen LogP contribution in [0.2, 0.25) is 0 Å². The Bertz CT molecular complexity index is 211. The van der Waals surface area contributed by atoms with Gasteiger partial charge in [-0.2, -0.15) is 0 Å². The minimum absolute atomic E-state index is 0.00352. The predicted molar refractivity (Wildman–Crippen MR) is 33.2 cm³/mol. The summed E-state index contributed by atoms with van der Waals surface area (Å²) in [6.45, 7) is 0. The van der Waals surface area contributed by atoms with Crippen LogP contribution in [0.3, 0.4) is 0 Å². The molecular weight excluding hydrogens is 131 g/mol. The summed E-state index contributed by atoms with van der Waals surface area (Å²) in [5.41, 5.74) is 0. The van der Waals surface area contributed by atoms with Crippen LogP contribution in [-0.2, 0) is 14.3 Å². The minimum atomic E-state index is -0.201. The monoisotopic (exact) mass is 136 g/mol. The van der Waals surface area contributed by atoms with E-state index in [0.29, 0.717) is 6.42 Å². The molecule has 0 aromatic heterocycles. The van der Waals surface area contributed by atoms with Crippen molar-refractivity contribution < 1.29 is 14.3 Å². The van der Waals surface area contributed by atoms with Gasteiger partial charge in [0.1, 0.15) is 14.0 Å². The molecule has 2 rings (SSSR count). The van der Waals surface area contributed by atoms with E-state index in [1.807, 2.05) is 0 Å². The second-order valence-electron chi connectivity index (χ2n) is 2.32. The largest absolute Gasteiger partial charge is 0.460 e. The number of Topliss-reactive ketones (excluding diaryl/α,β-unsaturated/α-hetero) is 1. The maximum Gasteiger partial charge on any atom is 0.227 e. The lowest BCUT2D eigenvalue weighted by molar-refractivity contribution is -0.120. The number of epoxide rings is 1. The molecule has 0 spiro atoms. The van der Waals surface area contributed by atoms with Crippen LogP contribution in [0.5, 0.6) is 0 Å². The molecular formula is C6H5BO3. The van der Waals surface area contributed by atoms with Crippen LogP contribution in [-0.4, -0.2) is 26.0 Å². The Kier molecular flexibility index (Phi) is 1.11. The second kappa shape index (κ2) is 1.86. The fraction of sp³-hybridized carbons (Fsp3) is 0.500. The zero-order valence-electron chi connectivity index (χ0n) is 5.24. The summed E-state index contributed by atoms with van der Waals surface area (Å²) >= 11 is 0. The highest BCUT2D eigenvalue weighted by Crippen LogP contribution is 2.34. The van der Waals surface area contributed by atoms with Crippen molar-refractivity contribution >= 4 is 13.6 Å². The zero-order chi connectivity index (χ0) is 7.14. The maximum atomic E-state index is 10.9. The molecule has 0 aromatic rings. The number of ether oxygens (including phenoxy) is 2. The van der Waals surface area contributed by atoms with Gasteiger partial charge in [-0.1, -0.05) is 5.98 Å². The first-order valence-corrected chi connectivity index (χ1v) is 3.08. The smallest absolute Gasteiger partial charge is 0.227 e. The van der Waals surface area contributed by atoms with Crippen LogP contribution in [0, 0.1) is 0 Å². The summed E-state index contributed by atoms with van der Waals surface area (Å²) in [4.78, 5) is 10.9. The van der Waals surface area contributed by atoms with Gasteiger partial charge >= 0.3 is 0 Å². The van der Waals surface area contributed by atoms with Crippen LogP contribution in [0.15, 0.2) is 11.7 Å². The van der Waals surface area contributed by atoms with E-state index in [1.54, 1.807) is 0 Å². The molecule has 0 bridgehead atoms. The first kappa shape index (κ1) is 5.98. The Morgan fingerprint density at radius 1 is 1.70 bits per heavy atom. The Balaban J connectivity index is 2.15. The van der Waals surface area contributed by atoms with Crippen molar-refractivity contribution in [3.8, 4) is 0 Å². The Morgan fingerprint density at radius 3 is 3.20 bits per heavy atom. The molecule has 0 saturated carbocycles. The third kappa shape index (κ3) is 0.760. The molecule has 0 aliphatic carbocycles. The first-order valence-electron chi connectivity index (χ1n) is 3.08. The number of allylic oxidation sites excluding steroid dienone is 1. The van der Waals surface area contributed by atoms with Gasteiger partial charge in [0, 0.05) is 6.42 Å². The fourth-order valence-corrected chi connectivity index (χ4v) is 0.981. The molecule has 2 heterocycles. The Morgan fingerprint density at radius 2 is 2.50 bits per heavy atom. The van der Waals surface area contributed by atoms with E-state index in [1.165, 1.54) is 5.98 Å². The summed E-state index contributed by atoms with van der Waals surface area (Å²) in [6, 6.07) is 0. The molecule has 2 fully saturated rings. The second-order valence-corrected chi connectivity index (χ2v) is 2.32. The average Bonchev–Trinajstić information content (AvgIpc) is 2.64. The highest BCUT2D eigenvalue weighted by Gasteiger charge is 2.47. The predicted octanol–water partition coefficient (Wildman–Crippen LogP) is -0.289. The van der Waals surface area contributed by atoms with Crippen molar-refractivity contribution in [2.24, 2.45) is 0 Å². The highest BCUT2D eigenvalue weighted by atomic mass is 16.8. The van der Waals surface area contributed by atoms with E-state index >= 15 is 0 Å². The fourth-order valence-electron chi connectivity index (χ4n) is 0.981. The van der Waals surface area contributed by atoms with Crippen molar-refractivity contribution in [1.82, 2.24) is 0 Å². The van der Waals surface area contributed by atoms with E-state index in [-0.39, 0.29) is 23.9 Å². The van der Waals surface area contributed by atoms with Crippen LogP contribution in [0.25, 0.3) is 0 Å². The number of fused-ring (bicyclic) bond motifs is 1. The summed E-state index contributed by atoms with van der Waals surface area (Å²) in [5, 5.41) is 0. The van der Waals surface area contributed by atoms with E-state index in [2.05, 4.69) is 0 Å². The van der Waals surface area contributed by atoms with Gasteiger partial charge in [0.25, 0.3) is 0 Å². The molecule has 2 aliphatic rings. The molecule has 2 saturated heterocycles. The maximum absolute atomic E-state index is 10.9. The van der Waals surface area contributed by atoms with Crippen molar-refractivity contribution in [3.63, 3.8) is 0 Å². The van der Waals surface area contributed by atoms with Gasteiger partial charge in [0.2, 0.25) is 6.29 Å². The quantitative estimate of drug-likeness (QED) is 0.261. The van der Waals surface area contributed by atoms with Crippen molar-refractivity contribution in [2.45, 2.75) is 18.8 Å². The molecule has 2 atom stereocenters. The van der Waals surface area contributed by atoms with E-state index in [0.717, 1.165) is 0 Å². The Hall–Kier alpha value is -0.765. The number of carbonyl (C=O) groups excluding carboxylic acids is 1. The number of carbonyl (C=O) groups is 1. The lowest BCUT2D eigenvalue weighted by Gasteiger charge is -2.09. The highest BCUT2D eigenvalue weighted by molar-refractivity contribution is 6.20. The van der Waals surface area contributed by atoms with Gasteiger partial charge in [-0.25, -0.2) is 0 Å². The van der Waals surface area contributed by atoms with Gasteiger partial charge in [-0.3, -0.25) is 4.79 Å². The van der Waals surface area contributed by atoms with Crippen LogP contribution in [0.1, 0.15) is 6.42 Å². The topological polar surface area (TPSA) is 38.8 Å². The average molecular weight is 136 g/mol. The minimum Gasteiger partial charge on any atom is -0.460 e. The normalized spacial score (nSPS) is 40.8. The third-order valence-electron chi connectivity index (χ3n) is 1.59. The molecule has 4 heteroatoms. The number of rotatable bonds is 0. The molecule has 50 valence electrons.